The van der Waals surface area contributed by atoms with Gasteiger partial charge in [-0.1, -0.05) is 0 Å². The normalized spacial score (nSPS) is 15.9. The fourth-order valence-electron chi connectivity index (χ4n) is 4.01. The number of morpholine rings is 1. The Kier molecular flexibility index (Phi) is 7.39. The van der Waals surface area contributed by atoms with E-state index in [1.54, 1.807) is 35.2 Å². The number of anilines is 2. The number of amides is 2. The number of methoxy groups -OCH3 is 3. The second-order valence-corrected chi connectivity index (χ2v) is 7.84. The molecule has 2 aliphatic heterocycles. The molecule has 1 N–H and O–H groups in total. The summed E-state index contributed by atoms with van der Waals surface area (Å²) in [5, 5.41) is 2.86. The summed E-state index contributed by atoms with van der Waals surface area (Å²) in [5.74, 6) is 1.28. The molecule has 0 bridgehead atoms. The van der Waals surface area contributed by atoms with Crippen molar-refractivity contribution in [3.05, 3.63) is 35.9 Å². The van der Waals surface area contributed by atoms with Crippen LogP contribution in [0.15, 0.2) is 30.3 Å². The van der Waals surface area contributed by atoms with Crippen molar-refractivity contribution in [2.75, 3.05) is 77.5 Å². The maximum atomic E-state index is 12.9. The summed E-state index contributed by atoms with van der Waals surface area (Å²) in [4.78, 5) is 29.4. The molecule has 10 nitrogen and oxygen atoms in total. The predicted octanol–water partition coefficient (Wildman–Crippen LogP) is 2.02. The van der Waals surface area contributed by atoms with E-state index in [1.165, 1.54) is 21.3 Å². The van der Waals surface area contributed by atoms with Gasteiger partial charge in [-0.25, -0.2) is 0 Å². The highest BCUT2D eigenvalue weighted by molar-refractivity contribution is 6.06. The molecule has 0 aromatic heterocycles. The smallest absolute Gasteiger partial charge is 0.265 e. The van der Waals surface area contributed by atoms with Crippen LogP contribution in [0, 0.1) is 0 Å². The van der Waals surface area contributed by atoms with Gasteiger partial charge in [-0.3, -0.25) is 14.5 Å². The SMILES string of the molecule is COc1cc(C(=O)Nc2ccc3c(c2)OCC(=O)N3CCN2CCOCC2)cc(OC)c1OC. The van der Waals surface area contributed by atoms with Crippen molar-refractivity contribution in [3.8, 4) is 23.0 Å². The van der Waals surface area contributed by atoms with Gasteiger partial charge in [-0.2, -0.15) is 0 Å². The minimum absolute atomic E-state index is 0.0413. The molecule has 0 atom stereocenters. The lowest BCUT2D eigenvalue weighted by atomic mass is 10.1. The molecule has 2 aromatic rings. The average Bonchev–Trinajstić information content (AvgIpc) is 2.87. The molecule has 2 amide bonds. The van der Waals surface area contributed by atoms with Gasteiger partial charge in [0, 0.05) is 43.5 Å². The van der Waals surface area contributed by atoms with E-state index in [9.17, 15) is 9.59 Å². The van der Waals surface area contributed by atoms with Crippen LogP contribution in [0.2, 0.25) is 0 Å². The first-order valence-electron chi connectivity index (χ1n) is 11.0. The van der Waals surface area contributed by atoms with Crippen LogP contribution >= 0.6 is 0 Å². The molecule has 0 radical (unpaired) electrons. The lowest BCUT2D eigenvalue weighted by Crippen LogP contribution is -2.45. The van der Waals surface area contributed by atoms with Crippen LogP contribution in [0.1, 0.15) is 10.4 Å². The van der Waals surface area contributed by atoms with Crippen molar-refractivity contribution in [3.63, 3.8) is 0 Å². The van der Waals surface area contributed by atoms with Crippen molar-refractivity contribution in [2.45, 2.75) is 0 Å². The summed E-state index contributed by atoms with van der Waals surface area (Å²) in [6.45, 7) is 4.42. The monoisotopic (exact) mass is 471 g/mol. The van der Waals surface area contributed by atoms with E-state index in [2.05, 4.69) is 10.2 Å². The summed E-state index contributed by atoms with van der Waals surface area (Å²) in [7, 11) is 4.49. The lowest BCUT2D eigenvalue weighted by molar-refractivity contribution is -0.121. The fraction of sp³-hybridized carbons (Fsp3) is 0.417. The summed E-state index contributed by atoms with van der Waals surface area (Å²) >= 11 is 0. The number of fused-ring (bicyclic) bond motifs is 1. The molecule has 34 heavy (non-hydrogen) atoms. The lowest BCUT2D eigenvalue weighted by Gasteiger charge is -2.33. The van der Waals surface area contributed by atoms with E-state index in [4.69, 9.17) is 23.7 Å². The van der Waals surface area contributed by atoms with Crippen LogP contribution in [-0.4, -0.2) is 84.0 Å². The second-order valence-electron chi connectivity index (χ2n) is 7.84. The zero-order chi connectivity index (χ0) is 24.1. The van der Waals surface area contributed by atoms with Gasteiger partial charge in [-0.05, 0) is 24.3 Å². The molecule has 0 spiro atoms. The molecule has 0 saturated carbocycles. The number of nitrogens with zero attached hydrogens (tertiary/aromatic N) is 2. The van der Waals surface area contributed by atoms with Crippen LogP contribution in [0.25, 0.3) is 0 Å². The van der Waals surface area contributed by atoms with E-state index in [1.807, 2.05) is 0 Å². The number of nitrogens with one attached hydrogen (secondary N) is 1. The van der Waals surface area contributed by atoms with Gasteiger partial charge in [-0.15, -0.1) is 0 Å². The highest BCUT2D eigenvalue weighted by Crippen LogP contribution is 2.39. The maximum Gasteiger partial charge on any atom is 0.265 e. The zero-order valence-corrected chi connectivity index (χ0v) is 19.6. The molecule has 0 unspecified atom stereocenters. The first kappa shape index (κ1) is 23.7. The van der Waals surface area contributed by atoms with Crippen molar-refractivity contribution < 1.29 is 33.3 Å². The summed E-state index contributed by atoms with van der Waals surface area (Å²) < 4.78 is 27.0. The molecule has 4 rings (SSSR count). The molecule has 2 aliphatic rings. The molecule has 1 saturated heterocycles. The minimum Gasteiger partial charge on any atom is -0.493 e. The van der Waals surface area contributed by atoms with Crippen molar-refractivity contribution in [2.24, 2.45) is 0 Å². The zero-order valence-electron chi connectivity index (χ0n) is 19.6. The van der Waals surface area contributed by atoms with Gasteiger partial charge in [0.25, 0.3) is 11.8 Å². The number of hydrogen-bond acceptors (Lipinski definition) is 8. The Bertz CT molecular complexity index is 1030. The fourth-order valence-corrected chi connectivity index (χ4v) is 4.01. The molecule has 2 aromatic carbocycles. The number of carbonyl (C=O) groups excluding carboxylic acids is 2. The van der Waals surface area contributed by atoms with E-state index in [-0.39, 0.29) is 18.4 Å². The Morgan fingerprint density at radius 2 is 1.71 bits per heavy atom. The van der Waals surface area contributed by atoms with Crippen molar-refractivity contribution in [1.29, 1.82) is 0 Å². The minimum atomic E-state index is -0.352. The predicted molar refractivity (Wildman–Crippen MR) is 126 cm³/mol. The van der Waals surface area contributed by atoms with E-state index in [0.29, 0.717) is 59.7 Å². The first-order valence-corrected chi connectivity index (χ1v) is 11.0. The number of ether oxygens (including phenoxy) is 5. The van der Waals surface area contributed by atoms with Gasteiger partial charge < -0.3 is 33.9 Å². The van der Waals surface area contributed by atoms with E-state index in [0.717, 1.165) is 19.6 Å². The summed E-state index contributed by atoms with van der Waals surface area (Å²) in [5.41, 5.74) is 1.57. The van der Waals surface area contributed by atoms with E-state index < -0.39 is 0 Å². The maximum absolute atomic E-state index is 12.9. The molecule has 1 fully saturated rings. The third kappa shape index (κ3) is 5.02. The van der Waals surface area contributed by atoms with Gasteiger partial charge in [0.2, 0.25) is 5.75 Å². The van der Waals surface area contributed by atoms with Crippen LogP contribution < -0.4 is 29.2 Å². The van der Waals surface area contributed by atoms with Gasteiger partial charge in [0.05, 0.1) is 40.2 Å². The molecular weight excluding hydrogens is 442 g/mol. The molecule has 10 heteroatoms. The highest BCUT2D eigenvalue weighted by Gasteiger charge is 2.27. The van der Waals surface area contributed by atoms with Crippen molar-refractivity contribution in [1.82, 2.24) is 4.90 Å². The van der Waals surface area contributed by atoms with Crippen LogP contribution in [0.5, 0.6) is 23.0 Å². The second kappa shape index (κ2) is 10.6. The van der Waals surface area contributed by atoms with E-state index >= 15 is 0 Å². The third-order valence-corrected chi connectivity index (χ3v) is 5.83. The Hall–Kier alpha value is -3.50. The highest BCUT2D eigenvalue weighted by atomic mass is 16.5. The van der Waals surface area contributed by atoms with Gasteiger partial charge >= 0.3 is 0 Å². The number of rotatable bonds is 8. The van der Waals surface area contributed by atoms with Crippen molar-refractivity contribution >= 4 is 23.2 Å². The summed E-state index contributed by atoms with van der Waals surface area (Å²) in [6.07, 6.45) is 0. The average molecular weight is 472 g/mol. The molecule has 182 valence electrons. The van der Waals surface area contributed by atoms with Gasteiger partial charge in [0.15, 0.2) is 18.1 Å². The van der Waals surface area contributed by atoms with Crippen LogP contribution in [-0.2, 0) is 9.53 Å². The standard InChI is InChI=1S/C24H29N3O7/c1-30-20-12-16(13-21(31-2)23(20)32-3)24(29)25-17-4-5-18-19(14-17)34-15-22(28)27(18)7-6-26-8-10-33-11-9-26/h4-5,12-14H,6-11,15H2,1-3H3,(H,25,29). The molecule has 2 heterocycles. The Morgan fingerprint density at radius 1 is 1.00 bits per heavy atom. The molecular formula is C24H29N3O7. The number of carbonyl (C=O) groups is 2. The molecule has 0 aliphatic carbocycles. The van der Waals surface area contributed by atoms with Gasteiger partial charge in [0.1, 0.15) is 5.75 Å². The van der Waals surface area contributed by atoms with Crippen LogP contribution in [0.3, 0.4) is 0 Å². The third-order valence-electron chi connectivity index (χ3n) is 5.83. The Morgan fingerprint density at radius 3 is 2.35 bits per heavy atom. The number of benzene rings is 2. The largest absolute Gasteiger partial charge is 0.493 e. The van der Waals surface area contributed by atoms with Crippen LogP contribution in [0.4, 0.5) is 11.4 Å². The first-order chi connectivity index (χ1) is 16.5. The number of hydrogen-bond donors (Lipinski definition) is 1. The summed E-state index contributed by atoms with van der Waals surface area (Å²) in [6, 6.07) is 8.42. The quantitative estimate of drug-likeness (QED) is 0.625. The Labute approximate surface area is 198 Å². The topological polar surface area (TPSA) is 98.8 Å². The Balaban J connectivity index is 1.49.